The number of aliphatic hydroxyl groups excluding tert-OH is 2. The van der Waals surface area contributed by atoms with Gasteiger partial charge in [-0.05, 0) is 147 Å². The number of carbonyl (C=O) groups is 4. The molecule has 12 rings (SSSR count). The number of fused-ring (bicyclic) bond motifs is 3. The van der Waals surface area contributed by atoms with Gasteiger partial charge in [0, 0.05) is 58.4 Å². The molecule has 504 valence electrons. The third-order valence-electron chi connectivity index (χ3n) is 18.7. The Morgan fingerprint density at radius 2 is 0.696 bits per heavy atom. The van der Waals surface area contributed by atoms with E-state index in [1.54, 1.807) is 28.8 Å². The molecule has 3 heterocycles. The maximum atomic E-state index is 12.2. The van der Waals surface area contributed by atoms with Gasteiger partial charge in [-0.3, -0.25) is 0 Å². The molecule has 20 nitrogen and oxygen atoms in total. The molecule has 6 unspecified atom stereocenters. The van der Waals surface area contributed by atoms with Gasteiger partial charge in [-0.2, -0.15) is 0 Å². The van der Waals surface area contributed by atoms with E-state index >= 15 is 0 Å². The van der Waals surface area contributed by atoms with Gasteiger partial charge in [0.2, 0.25) is 0 Å². The van der Waals surface area contributed by atoms with E-state index in [0.717, 1.165) is 92.9 Å². The quantitative estimate of drug-likeness (QED) is 0.0724. The van der Waals surface area contributed by atoms with Gasteiger partial charge in [-0.25, -0.2) is 19.2 Å². The van der Waals surface area contributed by atoms with Gasteiger partial charge in [-0.1, -0.05) is 133 Å². The molecule has 0 aromatic heterocycles. The Kier molecular flexibility index (Phi) is 28.0. The molecule has 15 atom stereocenters. The summed E-state index contributed by atoms with van der Waals surface area (Å²) in [6.45, 7) is 5.13. The molecule has 92 heavy (non-hydrogen) atoms. The third-order valence-corrected chi connectivity index (χ3v) is 18.7. The molecular weight excluding hydrogens is 1170 g/mol. The van der Waals surface area contributed by atoms with Crippen molar-refractivity contribution in [2.24, 2.45) is 0 Å². The van der Waals surface area contributed by atoms with Gasteiger partial charge in [0.05, 0.1) is 48.8 Å². The standard InChI is InChI=1S/C17H23NO4.C15H21NO4.C15H19NO3.C15H19NO2.C10H19NO2/c1-12-21-15-9-8-14(10-16(15)22-12)18(2)17(19)20-11-13-6-4-3-5-7-13;1-16(12-7-8-13(17)14(18)9-12)15(19)20-10-11-5-3-2-4-6-11;1-16(12-7-8-13-14(9-12)19-13)15(17)18-10-11-5-3-2-4-6-11;1-16(14-10-6-3-7-11-14)15(17)18-12-13-8-4-2-5-9-13;1-7-12-9-5-4-8(11(2)3)6-10(9)13-7/h3-7,12,14-16H,8-11H2,1-2H3;2-6,12-14,17-18H,7-10H2,1H3;2-6,12-14H,7-10H2,1H3;2-6,8-9,14H,7,10-12H2,1H3;7-10H,4-6H2,1-3H3/p+1/t12?,14-,15-,16-;12-,13-,14-;;;7?,8-,9-,10-/m11..1/s1. The van der Waals surface area contributed by atoms with Crippen molar-refractivity contribution in [2.45, 2.75) is 228 Å². The number of hydrogen-bond acceptors (Lipinski definition) is 16. The largest absolute Gasteiger partial charge is 1.00 e. The minimum absolute atomic E-state index is 0. The Morgan fingerprint density at radius 1 is 0.380 bits per heavy atom. The smallest absolute Gasteiger partial charge is 0.445 e. The van der Waals surface area contributed by atoms with Crippen LogP contribution in [-0.4, -0.2) is 193 Å². The third kappa shape index (κ3) is 22.3. The Balaban J connectivity index is 0.000000166. The van der Waals surface area contributed by atoms with Gasteiger partial charge in [0.15, 0.2) is 12.6 Å². The molecule has 4 saturated carbocycles. The highest BCUT2D eigenvalue weighted by atomic mass is 16.7. The van der Waals surface area contributed by atoms with E-state index in [4.69, 9.17) is 42.6 Å². The van der Waals surface area contributed by atoms with Crippen molar-refractivity contribution in [1.82, 2.24) is 24.5 Å². The fourth-order valence-corrected chi connectivity index (χ4v) is 12.8. The number of hydrogen-bond donors (Lipinski definition) is 2. The SMILES string of the molecule is CC1O[C@@H]2CC[C@@H](N(C)C(=O)OCc3ccccc3)C[C@H]2O1.CC1O[C@@H]2CC[C@@H](N(C)C)C[C@H]2O1.CN(C(=O)OCc1ccccc1)C1CC=CCC1.CN(C(=O)OCc1ccccc1)C1CCC2OC2C1.CN(C(=O)OCc1ccccc1)[C@@H]1CC[C@@H](O)[C@H](O)C1.[H+]. The zero-order chi connectivity index (χ0) is 65.5. The number of amides is 4. The average Bonchev–Trinajstić information content (AvgIpc) is 1.70. The van der Waals surface area contributed by atoms with Crippen LogP contribution in [0.2, 0.25) is 0 Å². The van der Waals surface area contributed by atoms with E-state index < -0.39 is 18.3 Å². The Hall–Kier alpha value is -6.62. The lowest BCUT2D eigenvalue weighted by atomic mass is 9.90. The number of nitrogens with zero attached hydrogens (tertiary/aromatic N) is 5. The lowest BCUT2D eigenvalue weighted by molar-refractivity contribution is -0.0508. The number of benzene rings is 4. The van der Waals surface area contributed by atoms with E-state index in [0.29, 0.717) is 69.5 Å². The lowest BCUT2D eigenvalue weighted by Crippen LogP contribution is -2.45. The van der Waals surface area contributed by atoms with Crippen LogP contribution in [0.15, 0.2) is 133 Å². The second-order valence-electron chi connectivity index (χ2n) is 25.6. The van der Waals surface area contributed by atoms with E-state index in [1.807, 2.05) is 149 Å². The van der Waals surface area contributed by atoms with Crippen LogP contribution in [0.3, 0.4) is 0 Å². The molecular formula is C72H102N5O15+. The van der Waals surface area contributed by atoms with Crippen molar-refractivity contribution in [3.63, 3.8) is 0 Å². The van der Waals surface area contributed by atoms with Crippen LogP contribution in [0.25, 0.3) is 0 Å². The summed E-state index contributed by atoms with van der Waals surface area (Å²) in [5, 5.41) is 19.1. The van der Waals surface area contributed by atoms with Crippen LogP contribution in [0, 0.1) is 0 Å². The average molecular weight is 1280 g/mol. The fraction of sp³-hybridized carbons (Fsp3) is 0.583. The van der Waals surface area contributed by atoms with Crippen LogP contribution in [0.4, 0.5) is 19.2 Å². The number of rotatable bonds is 13. The van der Waals surface area contributed by atoms with Crippen molar-refractivity contribution in [3.05, 3.63) is 156 Å². The van der Waals surface area contributed by atoms with Crippen LogP contribution in [0.5, 0.6) is 0 Å². The van der Waals surface area contributed by atoms with E-state index in [2.05, 4.69) is 31.1 Å². The van der Waals surface area contributed by atoms with Crippen molar-refractivity contribution in [3.8, 4) is 0 Å². The van der Waals surface area contributed by atoms with E-state index in [1.165, 1.54) is 11.3 Å². The van der Waals surface area contributed by atoms with Crippen LogP contribution in [0.1, 0.15) is 134 Å². The van der Waals surface area contributed by atoms with Crippen molar-refractivity contribution >= 4 is 24.4 Å². The highest BCUT2D eigenvalue weighted by Crippen LogP contribution is 2.39. The molecule has 5 aliphatic carbocycles. The summed E-state index contributed by atoms with van der Waals surface area (Å²) in [4.78, 5) is 57.0. The first-order valence-corrected chi connectivity index (χ1v) is 33.1. The van der Waals surface area contributed by atoms with Gasteiger partial charge >= 0.3 is 25.8 Å². The number of allylic oxidation sites excluding steroid dienone is 1. The number of aliphatic hydroxyl groups is 2. The summed E-state index contributed by atoms with van der Waals surface area (Å²) in [5.74, 6) is 0. The van der Waals surface area contributed by atoms with Crippen LogP contribution < -0.4 is 0 Å². The normalized spacial score (nSPS) is 28.8. The first kappa shape index (κ1) is 71.2. The van der Waals surface area contributed by atoms with Gasteiger partial charge in [0.25, 0.3) is 0 Å². The fourth-order valence-electron chi connectivity index (χ4n) is 12.8. The molecule has 4 amide bonds. The maximum Gasteiger partial charge on any atom is 1.00 e. The van der Waals surface area contributed by atoms with Crippen LogP contribution >= 0.6 is 0 Å². The molecule has 0 radical (unpaired) electrons. The molecule has 8 aliphatic rings. The predicted molar refractivity (Wildman–Crippen MR) is 349 cm³/mol. The topological polar surface area (TPSA) is 211 Å². The van der Waals surface area contributed by atoms with Crippen molar-refractivity contribution < 1.29 is 73.4 Å². The summed E-state index contributed by atoms with van der Waals surface area (Å²) in [5.41, 5.74) is 3.96. The molecule has 3 aliphatic heterocycles. The van der Waals surface area contributed by atoms with Gasteiger partial charge in [0.1, 0.15) is 26.4 Å². The Bertz CT molecular complexity index is 2870. The molecule has 7 fully saturated rings. The zero-order valence-corrected chi connectivity index (χ0v) is 55.2. The number of carbonyl (C=O) groups excluding carboxylic acids is 4. The van der Waals surface area contributed by atoms with Crippen molar-refractivity contribution in [1.29, 1.82) is 0 Å². The van der Waals surface area contributed by atoms with Gasteiger partial charge < -0.3 is 77.3 Å². The summed E-state index contributed by atoms with van der Waals surface area (Å²) >= 11 is 0. The summed E-state index contributed by atoms with van der Waals surface area (Å²) in [7, 11) is 11.4. The second-order valence-corrected chi connectivity index (χ2v) is 25.6. The first-order valence-electron chi connectivity index (χ1n) is 33.1. The summed E-state index contributed by atoms with van der Waals surface area (Å²) < 4.78 is 49.6. The molecule has 20 heteroatoms. The number of epoxide rings is 1. The van der Waals surface area contributed by atoms with E-state index in [-0.39, 0.29) is 75.3 Å². The Morgan fingerprint density at radius 3 is 1.05 bits per heavy atom. The van der Waals surface area contributed by atoms with Gasteiger partial charge in [-0.15, -0.1) is 0 Å². The molecule has 0 bridgehead atoms. The molecule has 2 N–H and O–H groups in total. The monoisotopic (exact) mass is 1280 g/mol. The molecule has 3 saturated heterocycles. The zero-order valence-electron chi connectivity index (χ0n) is 56.2. The highest BCUT2D eigenvalue weighted by Gasteiger charge is 2.46. The van der Waals surface area contributed by atoms with E-state index in [9.17, 15) is 29.4 Å². The summed E-state index contributed by atoms with van der Waals surface area (Å²) in [6, 6.07) is 40.0. The Labute approximate surface area is 546 Å². The molecule has 4 aromatic carbocycles. The highest BCUT2D eigenvalue weighted by molar-refractivity contribution is 5.69. The minimum Gasteiger partial charge on any atom is -0.445 e. The van der Waals surface area contributed by atoms with Crippen molar-refractivity contribution in [2.75, 3.05) is 42.3 Å². The molecule has 4 aromatic rings. The first-order chi connectivity index (χ1) is 44.4. The minimum atomic E-state index is -0.766. The predicted octanol–water partition coefficient (Wildman–Crippen LogP) is 11.7. The number of ether oxygens (including phenoxy) is 9. The lowest BCUT2D eigenvalue weighted by Gasteiger charge is -2.35. The molecule has 0 spiro atoms. The van der Waals surface area contributed by atoms with Crippen LogP contribution in [-0.2, 0) is 69.1 Å². The second kappa shape index (κ2) is 36.2. The summed E-state index contributed by atoms with van der Waals surface area (Å²) in [6.07, 6.45) is 17.2. The maximum absolute atomic E-state index is 12.2.